The van der Waals surface area contributed by atoms with Gasteiger partial charge in [-0.15, -0.1) is 4.40 Å². The number of hydrogen-bond donors (Lipinski definition) is 0. The van der Waals surface area contributed by atoms with Gasteiger partial charge in [-0.05, 0) is 68.4 Å². The van der Waals surface area contributed by atoms with Crippen molar-refractivity contribution in [2.75, 3.05) is 6.61 Å². The second kappa shape index (κ2) is 11.0. The van der Waals surface area contributed by atoms with Gasteiger partial charge in [0.05, 0.1) is 0 Å². The summed E-state index contributed by atoms with van der Waals surface area (Å²) in [5, 5.41) is -1.01. The van der Waals surface area contributed by atoms with Crippen LogP contribution >= 0.6 is 0 Å². The SMILES string of the molecule is CC(=O)c1ccc(C2C(C)(C)OC(C[C@@H](CCO[Si](C)(C)C(C)(C)C)c3ccccc3F)=NS2(=O)=O)cc1. The Bertz CT molecular complexity index is 1300. The number of benzene rings is 2. The summed E-state index contributed by atoms with van der Waals surface area (Å²) < 4.78 is 58.4. The second-order valence-corrected chi connectivity index (χ2v) is 18.6. The summed E-state index contributed by atoms with van der Waals surface area (Å²) in [7, 11) is -6.02. The predicted molar refractivity (Wildman–Crippen MR) is 152 cm³/mol. The largest absolute Gasteiger partial charge is 0.472 e. The zero-order valence-electron chi connectivity index (χ0n) is 23.7. The summed E-state index contributed by atoms with van der Waals surface area (Å²) in [4.78, 5) is 11.7. The molecule has 1 aliphatic rings. The maximum atomic E-state index is 14.9. The number of halogens is 1. The van der Waals surface area contributed by atoms with E-state index in [1.807, 2.05) is 0 Å². The molecule has 0 aromatic heterocycles. The highest BCUT2D eigenvalue weighted by Crippen LogP contribution is 2.42. The molecule has 0 spiro atoms. The number of hydrogen-bond acceptors (Lipinski definition) is 5. The lowest BCUT2D eigenvalue weighted by atomic mass is 9.91. The molecule has 1 aliphatic heterocycles. The highest BCUT2D eigenvalue weighted by atomic mass is 32.2. The molecular weight excluding hydrogens is 521 g/mol. The van der Waals surface area contributed by atoms with E-state index in [4.69, 9.17) is 9.16 Å². The first-order valence-electron chi connectivity index (χ1n) is 13.0. The normalized spacial score (nSPS) is 19.8. The van der Waals surface area contributed by atoms with E-state index in [0.717, 1.165) is 0 Å². The smallest absolute Gasteiger partial charge is 0.267 e. The van der Waals surface area contributed by atoms with Gasteiger partial charge in [0.1, 0.15) is 16.7 Å². The molecule has 38 heavy (non-hydrogen) atoms. The van der Waals surface area contributed by atoms with Crippen molar-refractivity contribution in [3.05, 3.63) is 71.0 Å². The number of sulfonamides is 1. The van der Waals surface area contributed by atoms with Crippen molar-refractivity contribution in [1.82, 2.24) is 0 Å². The van der Waals surface area contributed by atoms with E-state index in [2.05, 4.69) is 38.3 Å². The Morgan fingerprint density at radius 1 is 1.13 bits per heavy atom. The van der Waals surface area contributed by atoms with Gasteiger partial charge in [0.15, 0.2) is 14.1 Å². The van der Waals surface area contributed by atoms with Crippen LogP contribution in [0.1, 0.15) is 87.0 Å². The third-order valence-electron chi connectivity index (χ3n) is 7.66. The molecule has 1 heterocycles. The first-order valence-corrected chi connectivity index (χ1v) is 17.4. The van der Waals surface area contributed by atoms with Crippen molar-refractivity contribution in [3.8, 4) is 0 Å². The van der Waals surface area contributed by atoms with Crippen LogP contribution in [0.25, 0.3) is 0 Å². The van der Waals surface area contributed by atoms with Crippen LogP contribution in [0.2, 0.25) is 18.1 Å². The highest BCUT2D eigenvalue weighted by Gasteiger charge is 2.47. The molecule has 2 aromatic carbocycles. The zero-order chi connectivity index (χ0) is 28.5. The van der Waals surface area contributed by atoms with Crippen LogP contribution < -0.4 is 0 Å². The van der Waals surface area contributed by atoms with Crippen molar-refractivity contribution >= 4 is 30.0 Å². The van der Waals surface area contributed by atoms with E-state index in [0.29, 0.717) is 29.7 Å². The van der Waals surface area contributed by atoms with Crippen LogP contribution in [0.3, 0.4) is 0 Å². The molecule has 0 amide bonds. The average Bonchev–Trinajstić information content (AvgIpc) is 2.76. The molecule has 0 saturated carbocycles. The fourth-order valence-electron chi connectivity index (χ4n) is 4.53. The second-order valence-electron chi connectivity index (χ2n) is 12.1. The zero-order valence-corrected chi connectivity index (χ0v) is 25.5. The molecular formula is C29H40FNO5SSi. The Morgan fingerprint density at radius 3 is 2.26 bits per heavy atom. The molecule has 3 rings (SSSR count). The minimum Gasteiger partial charge on any atom is -0.472 e. The van der Waals surface area contributed by atoms with Gasteiger partial charge >= 0.3 is 0 Å². The van der Waals surface area contributed by atoms with Crippen molar-refractivity contribution in [2.24, 2.45) is 4.40 Å². The maximum Gasteiger partial charge on any atom is 0.267 e. The Balaban J connectivity index is 1.90. The molecule has 0 aliphatic carbocycles. The Hall–Kier alpha value is -2.36. The Labute approximate surface area is 227 Å². The number of Topliss-reactive ketones (excluding diaryl/α,β-unsaturated/α-hetero) is 1. The van der Waals surface area contributed by atoms with Crippen molar-refractivity contribution in [3.63, 3.8) is 0 Å². The molecule has 9 heteroatoms. The summed E-state index contributed by atoms with van der Waals surface area (Å²) >= 11 is 0. The molecule has 2 aromatic rings. The number of rotatable bonds is 9. The van der Waals surface area contributed by atoms with Gasteiger partial charge in [0, 0.05) is 18.6 Å². The number of carbonyl (C=O) groups is 1. The quantitative estimate of drug-likeness (QED) is 0.239. The monoisotopic (exact) mass is 561 g/mol. The Morgan fingerprint density at radius 2 is 1.74 bits per heavy atom. The third kappa shape index (κ3) is 6.79. The fourth-order valence-corrected chi connectivity index (χ4v) is 7.36. The van der Waals surface area contributed by atoms with E-state index in [-0.39, 0.29) is 34.9 Å². The number of ketones is 1. The standard InChI is InChI=1S/C29H40FNO5SSi/c1-20(32)21-13-15-22(16-14-21)27-29(5,6)36-26(31-37(27,33)34)19-23(24-11-9-10-12-25(24)30)17-18-35-38(7,8)28(2,3)4/h9-16,23,27H,17-19H2,1-8H3/t23-,27?/m1/s1. The molecule has 208 valence electrons. The predicted octanol–water partition coefficient (Wildman–Crippen LogP) is 7.19. The van der Waals surface area contributed by atoms with Crippen LogP contribution in [-0.2, 0) is 19.2 Å². The molecule has 2 atom stereocenters. The minimum absolute atomic E-state index is 0.0345. The maximum absolute atomic E-state index is 14.9. The van der Waals surface area contributed by atoms with Crippen molar-refractivity contribution in [1.29, 1.82) is 0 Å². The molecule has 6 nitrogen and oxygen atoms in total. The summed E-state index contributed by atoms with van der Waals surface area (Å²) in [5.41, 5.74) is 0.342. The highest BCUT2D eigenvalue weighted by molar-refractivity contribution is 7.90. The van der Waals surface area contributed by atoms with Crippen LogP contribution in [0.4, 0.5) is 4.39 Å². The lowest BCUT2D eigenvalue weighted by Crippen LogP contribution is -2.43. The van der Waals surface area contributed by atoms with E-state index < -0.39 is 29.2 Å². The van der Waals surface area contributed by atoms with Crippen molar-refractivity contribution < 1.29 is 26.8 Å². The average molecular weight is 562 g/mol. The fraction of sp³-hybridized carbons (Fsp3) is 0.517. The van der Waals surface area contributed by atoms with Gasteiger partial charge in [-0.25, -0.2) is 12.8 Å². The van der Waals surface area contributed by atoms with Gasteiger partial charge in [-0.2, -0.15) is 0 Å². The van der Waals surface area contributed by atoms with Gasteiger partial charge < -0.3 is 9.16 Å². The number of carbonyl (C=O) groups excluding carboxylic acids is 1. The van der Waals surface area contributed by atoms with E-state index in [1.165, 1.54) is 13.0 Å². The van der Waals surface area contributed by atoms with Crippen LogP contribution in [-0.4, -0.2) is 40.6 Å². The summed E-state index contributed by atoms with van der Waals surface area (Å²) in [6.45, 7) is 16.1. The summed E-state index contributed by atoms with van der Waals surface area (Å²) in [6, 6.07) is 13.0. The van der Waals surface area contributed by atoms with Crippen LogP contribution in [0.15, 0.2) is 52.9 Å². The molecule has 0 bridgehead atoms. The van der Waals surface area contributed by atoms with Crippen LogP contribution in [0, 0.1) is 5.82 Å². The number of nitrogens with zero attached hydrogens (tertiary/aromatic N) is 1. The first-order chi connectivity index (χ1) is 17.4. The van der Waals surface area contributed by atoms with E-state index in [9.17, 15) is 17.6 Å². The summed E-state index contributed by atoms with van der Waals surface area (Å²) in [6.07, 6.45) is 0.618. The van der Waals surface area contributed by atoms with Crippen molar-refractivity contribution in [2.45, 2.75) is 89.3 Å². The summed E-state index contributed by atoms with van der Waals surface area (Å²) in [5.74, 6) is -0.772. The van der Waals surface area contributed by atoms with Gasteiger partial charge in [-0.3, -0.25) is 4.79 Å². The van der Waals surface area contributed by atoms with Gasteiger partial charge in [0.25, 0.3) is 10.0 Å². The molecule has 0 saturated heterocycles. The molecule has 0 N–H and O–H groups in total. The lowest BCUT2D eigenvalue weighted by Gasteiger charge is -2.38. The topological polar surface area (TPSA) is 82.0 Å². The van der Waals surface area contributed by atoms with Gasteiger partial charge in [-0.1, -0.05) is 63.2 Å². The third-order valence-corrected chi connectivity index (χ3v) is 14.1. The van der Waals surface area contributed by atoms with Gasteiger partial charge in [0.2, 0.25) is 5.90 Å². The lowest BCUT2D eigenvalue weighted by molar-refractivity contribution is 0.0797. The number of ether oxygens (including phenoxy) is 1. The molecule has 1 unspecified atom stereocenters. The van der Waals surface area contributed by atoms with Crippen LogP contribution in [0.5, 0.6) is 0 Å². The first kappa shape index (κ1) is 30.2. The van der Waals surface area contributed by atoms with E-state index >= 15 is 0 Å². The Kier molecular flexibility index (Phi) is 8.75. The molecule has 0 fully saturated rings. The minimum atomic E-state index is -4.01. The van der Waals surface area contributed by atoms with E-state index in [1.54, 1.807) is 56.3 Å². The molecule has 0 radical (unpaired) electrons.